The molecule has 4 aliphatic rings. The fourth-order valence-electron chi connectivity index (χ4n) is 7.11. The largest absolute Gasteiger partial charge is 0.405 e. The summed E-state index contributed by atoms with van der Waals surface area (Å²) in [4.78, 5) is 17.3. The highest BCUT2D eigenvalue weighted by Crippen LogP contribution is 2.54. The van der Waals surface area contributed by atoms with E-state index in [1.54, 1.807) is 24.3 Å². The highest BCUT2D eigenvalue weighted by molar-refractivity contribution is 7.92. The third-order valence-corrected chi connectivity index (χ3v) is 10.7. The van der Waals surface area contributed by atoms with Gasteiger partial charge >= 0.3 is 6.18 Å². The first-order valence-corrected chi connectivity index (χ1v) is 16.4. The molecule has 2 aliphatic heterocycles. The normalized spacial score (nSPS) is 23.0. The maximum absolute atomic E-state index is 13.7. The van der Waals surface area contributed by atoms with Crippen molar-refractivity contribution in [1.82, 2.24) is 0 Å². The van der Waals surface area contributed by atoms with Gasteiger partial charge in [0.15, 0.2) is 0 Å². The predicted octanol–water partition coefficient (Wildman–Crippen LogP) is 5.46. The van der Waals surface area contributed by atoms with Crippen LogP contribution in [0, 0.1) is 5.41 Å². The topological polar surface area (TPSA) is 102 Å². The van der Waals surface area contributed by atoms with Crippen molar-refractivity contribution in [1.29, 1.82) is 0 Å². The Morgan fingerprint density at radius 1 is 0.976 bits per heavy atom. The van der Waals surface area contributed by atoms with Crippen molar-refractivity contribution < 1.29 is 31.5 Å². The average Bonchev–Trinajstić information content (AvgIpc) is 3.62. The number of alkyl halides is 3. The predicted molar refractivity (Wildman–Crippen MR) is 157 cm³/mol. The third kappa shape index (κ3) is 6.06. The van der Waals surface area contributed by atoms with E-state index in [2.05, 4.69) is 14.9 Å². The van der Waals surface area contributed by atoms with Crippen molar-refractivity contribution in [3.05, 3.63) is 47.5 Å². The lowest BCUT2D eigenvalue weighted by atomic mass is 9.82. The molecule has 6 rings (SSSR count). The van der Waals surface area contributed by atoms with Gasteiger partial charge in [-0.05, 0) is 85.9 Å². The first kappa shape index (κ1) is 29.1. The minimum Gasteiger partial charge on any atom is -0.395 e. The van der Waals surface area contributed by atoms with Crippen LogP contribution in [0.2, 0.25) is 0 Å². The number of rotatable bonds is 8. The Kier molecular flexibility index (Phi) is 7.57. The number of anilines is 4. The Balaban J connectivity index is 1.27. The summed E-state index contributed by atoms with van der Waals surface area (Å²) in [5, 5.41) is 12.1. The zero-order valence-electron chi connectivity index (χ0n) is 23.4. The number of halogens is 3. The van der Waals surface area contributed by atoms with Crippen LogP contribution in [0.5, 0.6) is 0 Å². The van der Waals surface area contributed by atoms with Crippen LogP contribution in [-0.4, -0.2) is 63.6 Å². The number of nitrogens with zero attached hydrogens (tertiary/aromatic N) is 2. The van der Waals surface area contributed by atoms with Crippen LogP contribution in [0.25, 0.3) is 0 Å². The monoisotopic (exact) mass is 606 g/mol. The van der Waals surface area contributed by atoms with E-state index in [0.29, 0.717) is 40.1 Å². The van der Waals surface area contributed by atoms with Gasteiger partial charge in [0.2, 0.25) is 10.0 Å². The molecule has 1 amide bonds. The molecule has 2 atom stereocenters. The van der Waals surface area contributed by atoms with Crippen LogP contribution in [0.3, 0.4) is 0 Å². The van der Waals surface area contributed by atoms with Gasteiger partial charge in [-0.1, -0.05) is 12.8 Å². The van der Waals surface area contributed by atoms with Gasteiger partial charge in [0, 0.05) is 36.4 Å². The van der Waals surface area contributed by atoms with Crippen LogP contribution < -0.4 is 19.8 Å². The van der Waals surface area contributed by atoms with Crippen molar-refractivity contribution >= 4 is 38.7 Å². The van der Waals surface area contributed by atoms with Gasteiger partial charge in [0.25, 0.3) is 5.91 Å². The molecule has 8 nitrogen and oxygen atoms in total. The van der Waals surface area contributed by atoms with E-state index < -0.39 is 35.1 Å². The molecule has 0 aromatic heterocycles. The molecule has 42 heavy (non-hydrogen) atoms. The van der Waals surface area contributed by atoms with E-state index in [0.717, 1.165) is 50.8 Å². The van der Waals surface area contributed by atoms with Crippen LogP contribution in [0.1, 0.15) is 73.2 Å². The molecule has 3 N–H and O–H groups in total. The SMILES string of the molecule is O=C(Nc1ccc2c(c1)C1CCCCC1N2CC(F)(F)F)c1ccc(NS(=O)(=O)CCO)cc1N1CCC2(CC1)CC2. The summed E-state index contributed by atoms with van der Waals surface area (Å²) in [5.41, 5.74) is 3.68. The van der Waals surface area contributed by atoms with Crippen molar-refractivity contribution in [3.8, 4) is 0 Å². The molecule has 12 heteroatoms. The number of amides is 1. The number of carbonyl (C=O) groups excluding carboxylic acids is 1. The van der Waals surface area contributed by atoms with Gasteiger partial charge in [-0.3, -0.25) is 9.52 Å². The number of sulfonamides is 1. The summed E-state index contributed by atoms with van der Waals surface area (Å²) >= 11 is 0. The highest BCUT2D eigenvalue weighted by atomic mass is 32.2. The molecule has 0 bridgehead atoms. The Morgan fingerprint density at radius 3 is 2.38 bits per heavy atom. The van der Waals surface area contributed by atoms with E-state index in [-0.39, 0.29) is 17.9 Å². The van der Waals surface area contributed by atoms with Gasteiger partial charge in [0.1, 0.15) is 6.54 Å². The molecule has 0 radical (unpaired) electrons. The lowest BCUT2D eigenvalue weighted by Crippen LogP contribution is -2.41. The fraction of sp³-hybridized carbons (Fsp3) is 0.567. The van der Waals surface area contributed by atoms with Crippen LogP contribution >= 0.6 is 0 Å². The number of fused-ring (bicyclic) bond motifs is 3. The van der Waals surface area contributed by atoms with Crippen LogP contribution in [0.4, 0.5) is 35.9 Å². The number of nitrogens with one attached hydrogen (secondary N) is 2. The molecular weight excluding hydrogens is 569 g/mol. The maximum Gasteiger partial charge on any atom is 0.405 e. The Hall–Kier alpha value is -2.99. The molecule has 2 unspecified atom stereocenters. The molecule has 2 aromatic carbocycles. The summed E-state index contributed by atoms with van der Waals surface area (Å²) < 4.78 is 67.4. The van der Waals surface area contributed by atoms with Crippen LogP contribution in [-0.2, 0) is 10.0 Å². The van der Waals surface area contributed by atoms with Gasteiger partial charge in [-0.15, -0.1) is 0 Å². The summed E-state index contributed by atoms with van der Waals surface area (Å²) in [6.45, 7) is 0.0170. The van der Waals surface area contributed by atoms with Gasteiger partial charge in [-0.2, -0.15) is 13.2 Å². The van der Waals surface area contributed by atoms with Crippen molar-refractivity contribution in [2.75, 3.05) is 51.8 Å². The van der Waals surface area contributed by atoms with Crippen molar-refractivity contribution in [3.63, 3.8) is 0 Å². The molecular formula is C30H37F3N4O4S. The second-order valence-electron chi connectivity index (χ2n) is 12.3. The summed E-state index contributed by atoms with van der Waals surface area (Å²) in [5.74, 6) is -0.804. The number of hydrogen-bond acceptors (Lipinski definition) is 6. The molecule has 2 saturated carbocycles. The molecule has 1 spiro atoms. The standard InChI is InChI=1S/C30H37F3N4O4S/c31-30(32,33)19-37-25-4-2-1-3-22(25)24-17-20(6-8-26(24)37)34-28(39)23-7-5-21(35-42(40,41)16-15-38)18-27(23)36-13-11-29(9-10-29)12-14-36/h5-8,17-18,22,25,35,38H,1-4,9-16,19H2,(H,34,39). The van der Waals surface area contributed by atoms with Crippen molar-refractivity contribution in [2.24, 2.45) is 5.41 Å². The van der Waals surface area contributed by atoms with E-state index >= 15 is 0 Å². The first-order valence-electron chi connectivity index (χ1n) is 14.7. The average molecular weight is 607 g/mol. The molecule has 2 aromatic rings. The van der Waals surface area contributed by atoms with Gasteiger partial charge in [0.05, 0.1) is 29.3 Å². The third-order valence-electron chi connectivity index (χ3n) is 9.47. The number of hydrogen-bond donors (Lipinski definition) is 3. The zero-order valence-corrected chi connectivity index (χ0v) is 24.2. The molecule has 228 valence electrons. The van der Waals surface area contributed by atoms with Gasteiger partial charge in [-0.25, -0.2) is 8.42 Å². The Labute approximate surface area is 244 Å². The second-order valence-corrected chi connectivity index (χ2v) is 14.1. The highest BCUT2D eigenvalue weighted by Gasteiger charge is 2.45. The number of benzene rings is 2. The van der Waals surface area contributed by atoms with E-state index in [1.165, 1.54) is 23.8 Å². The lowest BCUT2D eigenvalue weighted by Gasteiger charge is -2.35. The Bertz CT molecular complexity index is 1450. The molecule has 2 heterocycles. The number of aliphatic hydroxyl groups is 1. The van der Waals surface area contributed by atoms with E-state index in [9.17, 15) is 26.4 Å². The number of piperidine rings is 1. The smallest absolute Gasteiger partial charge is 0.395 e. The van der Waals surface area contributed by atoms with E-state index in [1.807, 2.05) is 6.07 Å². The number of carbonyl (C=O) groups is 1. The number of aliphatic hydroxyl groups excluding tert-OH is 1. The Morgan fingerprint density at radius 2 is 1.69 bits per heavy atom. The quantitative estimate of drug-likeness (QED) is 0.369. The summed E-state index contributed by atoms with van der Waals surface area (Å²) in [6, 6.07) is 9.77. The van der Waals surface area contributed by atoms with Gasteiger partial charge < -0.3 is 20.2 Å². The minimum atomic E-state index is -4.31. The second kappa shape index (κ2) is 10.9. The fourth-order valence-corrected chi connectivity index (χ4v) is 7.94. The zero-order chi connectivity index (χ0) is 29.7. The minimum absolute atomic E-state index is 0.00200. The first-order chi connectivity index (χ1) is 20.0. The van der Waals surface area contributed by atoms with Crippen molar-refractivity contribution in [2.45, 2.75) is 69.5 Å². The van der Waals surface area contributed by atoms with Crippen LogP contribution in [0.15, 0.2) is 36.4 Å². The lowest BCUT2D eigenvalue weighted by molar-refractivity contribution is -0.120. The molecule has 2 aliphatic carbocycles. The van der Waals surface area contributed by atoms with E-state index in [4.69, 9.17) is 5.11 Å². The molecule has 3 fully saturated rings. The maximum atomic E-state index is 13.7. The molecule has 1 saturated heterocycles. The summed E-state index contributed by atoms with van der Waals surface area (Å²) in [7, 11) is -3.75. The summed E-state index contributed by atoms with van der Waals surface area (Å²) in [6.07, 6.45) is 3.55.